The van der Waals surface area contributed by atoms with E-state index >= 15 is 0 Å². The summed E-state index contributed by atoms with van der Waals surface area (Å²) in [7, 11) is 1.66. The summed E-state index contributed by atoms with van der Waals surface area (Å²) in [6, 6.07) is 8.06. The minimum Gasteiger partial charge on any atom is -0.383 e. The zero-order valence-corrected chi connectivity index (χ0v) is 17.6. The molecule has 3 heterocycles. The minimum absolute atomic E-state index is 0.126. The number of aromatic amines is 1. The van der Waals surface area contributed by atoms with E-state index in [1.54, 1.807) is 7.11 Å². The summed E-state index contributed by atoms with van der Waals surface area (Å²) in [4.78, 5) is 19.8. The van der Waals surface area contributed by atoms with Crippen molar-refractivity contribution in [1.82, 2.24) is 24.7 Å². The monoisotopic (exact) mass is 428 g/mol. The third-order valence-electron chi connectivity index (χ3n) is 4.26. The molecule has 2 N–H and O–H groups in total. The van der Waals surface area contributed by atoms with E-state index in [-0.39, 0.29) is 11.7 Å². The van der Waals surface area contributed by atoms with Crippen LogP contribution in [0.15, 0.2) is 41.0 Å². The molecule has 4 aromatic rings. The van der Waals surface area contributed by atoms with Gasteiger partial charge in [-0.05, 0) is 13.0 Å². The van der Waals surface area contributed by atoms with Crippen LogP contribution < -0.4 is 5.32 Å². The van der Waals surface area contributed by atoms with Crippen molar-refractivity contribution in [2.45, 2.75) is 18.6 Å². The molecule has 150 valence electrons. The normalized spacial score (nSPS) is 11.2. The topological polar surface area (TPSA) is 97.7 Å². The number of aromatic nitrogens is 5. The fraction of sp³-hybridized carbons (Fsp3) is 0.263. The maximum absolute atomic E-state index is 12.3. The van der Waals surface area contributed by atoms with E-state index in [2.05, 4.69) is 25.5 Å². The van der Waals surface area contributed by atoms with Crippen molar-refractivity contribution in [1.29, 1.82) is 0 Å². The highest BCUT2D eigenvalue weighted by Crippen LogP contribution is 2.30. The van der Waals surface area contributed by atoms with Crippen molar-refractivity contribution in [3.8, 4) is 11.4 Å². The lowest BCUT2D eigenvalue weighted by Gasteiger charge is -2.09. The lowest BCUT2D eigenvalue weighted by molar-refractivity contribution is -0.113. The summed E-state index contributed by atoms with van der Waals surface area (Å²) >= 11 is 2.76. The lowest BCUT2D eigenvalue weighted by Crippen LogP contribution is -2.15. The van der Waals surface area contributed by atoms with Crippen LogP contribution in [0.2, 0.25) is 0 Å². The summed E-state index contributed by atoms with van der Waals surface area (Å²) in [5.41, 5.74) is 2.90. The molecular weight excluding hydrogens is 408 g/mol. The van der Waals surface area contributed by atoms with Gasteiger partial charge in [-0.25, -0.2) is 4.98 Å². The second kappa shape index (κ2) is 8.76. The molecule has 1 aromatic carbocycles. The van der Waals surface area contributed by atoms with Crippen molar-refractivity contribution in [2.24, 2.45) is 0 Å². The van der Waals surface area contributed by atoms with Crippen LogP contribution in [0.1, 0.15) is 5.69 Å². The SMILES string of the molecule is COCCn1c(SCC(=O)Nc2nc(C)cs2)nnc1-c1c[nH]c2ccccc12. The molecule has 0 atom stereocenters. The van der Waals surface area contributed by atoms with Gasteiger partial charge in [0.1, 0.15) is 0 Å². The Bertz CT molecular complexity index is 1130. The standard InChI is InChI=1S/C19H20N6O2S2/c1-12-10-28-18(21-12)22-16(26)11-29-19-24-23-17(25(19)7-8-27-2)14-9-20-15-6-4-3-5-13(14)15/h3-6,9-10,20H,7-8,11H2,1-2H3,(H,21,22,26). The summed E-state index contributed by atoms with van der Waals surface area (Å²) in [6.45, 7) is 3.00. The first-order valence-electron chi connectivity index (χ1n) is 8.99. The first-order valence-corrected chi connectivity index (χ1v) is 10.9. The third-order valence-corrected chi connectivity index (χ3v) is 6.11. The van der Waals surface area contributed by atoms with Gasteiger partial charge in [-0.15, -0.1) is 21.5 Å². The van der Waals surface area contributed by atoms with E-state index in [0.717, 1.165) is 28.0 Å². The number of rotatable bonds is 8. The fourth-order valence-electron chi connectivity index (χ4n) is 2.93. The van der Waals surface area contributed by atoms with Crippen LogP contribution in [0, 0.1) is 6.92 Å². The Morgan fingerprint density at radius 2 is 2.21 bits per heavy atom. The first kappa shape index (κ1) is 19.6. The number of hydrogen-bond acceptors (Lipinski definition) is 7. The van der Waals surface area contributed by atoms with Gasteiger partial charge in [0, 0.05) is 35.2 Å². The van der Waals surface area contributed by atoms with Crippen LogP contribution in [0.4, 0.5) is 5.13 Å². The van der Waals surface area contributed by atoms with E-state index in [1.165, 1.54) is 23.1 Å². The molecule has 4 rings (SSSR count). The highest BCUT2D eigenvalue weighted by molar-refractivity contribution is 7.99. The number of H-pyrrole nitrogens is 1. The Morgan fingerprint density at radius 1 is 1.34 bits per heavy atom. The zero-order chi connectivity index (χ0) is 20.2. The number of carbonyl (C=O) groups is 1. The van der Waals surface area contributed by atoms with Crippen molar-refractivity contribution in [3.05, 3.63) is 41.5 Å². The van der Waals surface area contributed by atoms with Gasteiger partial charge in [-0.1, -0.05) is 30.0 Å². The summed E-state index contributed by atoms with van der Waals surface area (Å²) < 4.78 is 7.25. The number of thiazole rings is 1. The predicted molar refractivity (Wildman–Crippen MR) is 115 cm³/mol. The molecule has 0 saturated heterocycles. The average molecular weight is 429 g/mol. The molecule has 0 aliphatic heterocycles. The predicted octanol–water partition coefficient (Wildman–Crippen LogP) is 3.57. The number of hydrogen-bond donors (Lipinski definition) is 2. The van der Waals surface area contributed by atoms with E-state index in [9.17, 15) is 4.79 Å². The summed E-state index contributed by atoms with van der Waals surface area (Å²) in [6.07, 6.45) is 1.93. The van der Waals surface area contributed by atoms with Gasteiger partial charge in [-0.2, -0.15) is 0 Å². The quantitative estimate of drug-likeness (QED) is 0.417. The van der Waals surface area contributed by atoms with Gasteiger partial charge in [0.2, 0.25) is 5.91 Å². The van der Waals surface area contributed by atoms with Crippen LogP contribution in [-0.4, -0.2) is 50.1 Å². The second-order valence-corrected chi connectivity index (χ2v) is 8.13. The third kappa shape index (κ3) is 4.34. The zero-order valence-electron chi connectivity index (χ0n) is 16.0. The van der Waals surface area contributed by atoms with Gasteiger partial charge < -0.3 is 15.0 Å². The molecule has 0 bridgehead atoms. The molecule has 10 heteroatoms. The Balaban J connectivity index is 1.55. The number of anilines is 1. The number of methoxy groups -OCH3 is 1. The van der Waals surface area contributed by atoms with Crippen LogP contribution in [0.25, 0.3) is 22.3 Å². The second-order valence-electron chi connectivity index (χ2n) is 6.33. The van der Waals surface area contributed by atoms with Gasteiger partial charge in [0.15, 0.2) is 16.1 Å². The molecule has 0 aliphatic carbocycles. The fourth-order valence-corrected chi connectivity index (χ4v) is 4.40. The Labute approximate surface area is 175 Å². The lowest BCUT2D eigenvalue weighted by atomic mass is 10.1. The smallest absolute Gasteiger partial charge is 0.236 e. The maximum Gasteiger partial charge on any atom is 0.236 e. The van der Waals surface area contributed by atoms with Gasteiger partial charge in [0.05, 0.1) is 24.6 Å². The van der Waals surface area contributed by atoms with Crippen molar-refractivity contribution >= 4 is 45.0 Å². The van der Waals surface area contributed by atoms with E-state index in [0.29, 0.717) is 23.4 Å². The van der Waals surface area contributed by atoms with E-state index < -0.39 is 0 Å². The van der Waals surface area contributed by atoms with Crippen molar-refractivity contribution < 1.29 is 9.53 Å². The number of fused-ring (bicyclic) bond motifs is 1. The molecular formula is C19H20N6O2S2. The van der Waals surface area contributed by atoms with Gasteiger partial charge in [0.25, 0.3) is 0 Å². The molecule has 1 amide bonds. The first-order chi connectivity index (χ1) is 14.2. The molecule has 0 aliphatic rings. The molecule has 0 saturated carbocycles. The van der Waals surface area contributed by atoms with Crippen LogP contribution in [0.5, 0.6) is 0 Å². The van der Waals surface area contributed by atoms with E-state index in [1.807, 2.05) is 47.3 Å². The largest absolute Gasteiger partial charge is 0.383 e. The molecule has 29 heavy (non-hydrogen) atoms. The number of nitrogens with zero attached hydrogens (tertiary/aromatic N) is 4. The number of aryl methyl sites for hydroxylation is 1. The molecule has 3 aromatic heterocycles. The highest BCUT2D eigenvalue weighted by Gasteiger charge is 2.18. The minimum atomic E-state index is -0.126. The highest BCUT2D eigenvalue weighted by atomic mass is 32.2. The average Bonchev–Trinajstić information content (AvgIpc) is 3.42. The number of amides is 1. The Kier molecular flexibility index (Phi) is 5.93. The number of para-hydroxylation sites is 1. The van der Waals surface area contributed by atoms with Gasteiger partial charge in [-0.3, -0.25) is 9.36 Å². The molecule has 8 nitrogen and oxygen atoms in total. The summed E-state index contributed by atoms with van der Waals surface area (Å²) in [5.74, 6) is 0.842. The molecule has 0 unspecified atom stereocenters. The van der Waals surface area contributed by atoms with Crippen molar-refractivity contribution in [2.75, 3.05) is 24.8 Å². The molecule has 0 radical (unpaired) electrons. The Morgan fingerprint density at radius 3 is 3.00 bits per heavy atom. The van der Waals surface area contributed by atoms with Crippen LogP contribution in [-0.2, 0) is 16.1 Å². The molecule has 0 spiro atoms. The molecule has 0 fully saturated rings. The summed E-state index contributed by atoms with van der Waals surface area (Å²) in [5, 5.41) is 15.8. The number of thioether (sulfide) groups is 1. The number of carbonyl (C=O) groups excluding carboxylic acids is 1. The van der Waals surface area contributed by atoms with Crippen LogP contribution >= 0.6 is 23.1 Å². The number of nitrogens with one attached hydrogen (secondary N) is 2. The maximum atomic E-state index is 12.3. The van der Waals surface area contributed by atoms with Crippen LogP contribution in [0.3, 0.4) is 0 Å². The van der Waals surface area contributed by atoms with Crippen molar-refractivity contribution in [3.63, 3.8) is 0 Å². The van der Waals surface area contributed by atoms with E-state index in [4.69, 9.17) is 4.74 Å². The number of benzene rings is 1. The van der Waals surface area contributed by atoms with Gasteiger partial charge >= 0.3 is 0 Å². The Hall–Kier alpha value is -2.69. The number of ether oxygens (including phenoxy) is 1.